The second-order valence-electron chi connectivity index (χ2n) is 8.86. The Balaban J connectivity index is 2.00. The highest BCUT2D eigenvalue weighted by molar-refractivity contribution is 7.98. The van der Waals surface area contributed by atoms with Gasteiger partial charge in [-0.1, -0.05) is 20.3 Å². The molecule has 0 unspecified atom stereocenters. The zero-order valence-corrected chi connectivity index (χ0v) is 21.1. The van der Waals surface area contributed by atoms with Crippen molar-refractivity contribution >= 4 is 29.5 Å². The number of carbonyl (C=O) groups excluding carboxylic acids is 3. The molecule has 2 amide bonds. The molecule has 3 atom stereocenters. The van der Waals surface area contributed by atoms with E-state index in [1.807, 2.05) is 6.26 Å². The Morgan fingerprint density at radius 2 is 2.06 bits per heavy atom. The molecule has 1 fully saturated rings. The zero-order valence-electron chi connectivity index (χ0n) is 20.3. The van der Waals surface area contributed by atoms with Gasteiger partial charge in [0.05, 0.1) is 32.1 Å². The summed E-state index contributed by atoms with van der Waals surface area (Å²) in [5, 5.41) is 6.00. The van der Waals surface area contributed by atoms with Crippen molar-refractivity contribution in [3.63, 3.8) is 0 Å². The zero-order chi connectivity index (χ0) is 24.2. The lowest BCUT2D eigenvalue weighted by atomic mass is 9.98. The molecule has 1 aromatic rings. The number of hydrogen-bond acceptors (Lipinski definition) is 7. The predicted molar refractivity (Wildman–Crippen MR) is 130 cm³/mol. The summed E-state index contributed by atoms with van der Waals surface area (Å²) < 4.78 is 4.86. The van der Waals surface area contributed by atoms with E-state index in [1.54, 1.807) is 24.3 Å². The van der Waals surface area contributed by atoms with E-state index in [-0.39, 0.29) is 36.7 Å². The number of carbonyl (C=O) groups is 3. The predicted octanol–water partition coefficient (Wildman–Crippen LogP) is 1.61. The average Bonchev–Trinajstić information content (AvgIpc) is 3.46. The van der Waals surface area contributed by atoms with Crippen LogP contribution in [0, 0.1) is 11.8 Å². The number of esters is 1. The van der Waals surface area contributed by atoms with E-state index in [9.17, 15) is 14.4 Å². The lowest BCUT2D eigenvalue weighted by molar-refractivity contribution is -0.145. The highest BCUT2D eigenvalue weighted by Gasteiger charge is 2.30. The van der Waals surface area contributed by atoms with Gasteiger partial charge in [-0.15, -0.1) is 0 Å². The van der Waals surface area contributed by atoms with Crippen LogP contribution in [-0.2, 0) is 25.5 Å². The van der Waals surface area contributed by atoms with E-state index in [0.717, 1.165) is 31.6 Å². The first-order valence-electron chi connectivity index (χ1n) is 11.7. The van der Waals surface area contributed by atoms with Gasteiger partial charge in [0.1, 0.15) is 6.04 Å². The number of aromatic nitrogens is 2. The van der Waals surface area contributed by atoms with E-state index in [2.05, 4.69) is 39.3 Å². The van der Waals surface area contributed by atoms with E-state index in [1.165, 1.54) is 7.11 Å². The number of amides is 2. The number of ether oxygens (including phenoxy) is 1. The number of hydrogen-bond donors (Lipinski definition) is 3. The summed E-state index contributed by atoms with van der Waals surface area (Å²) in [6.07, 6.45) is 9.23. The third-order valence-electron chi connectivity index (χ3n) is 6.04. The molecule has 0 saturated heterocycles. The van der Waals surface area contributed by atoms with Gasteiger partial charge in [0.15, 0.2) is 0 Å². The number of nitrogens with one attached hydrogen (secondary N) is 3. The Hall–Kier alpha value is -2.07. The summed E-state index contributed by atoms with van der Waals surface area (Å²) in [7, 11) is 1.34. The van der Waals surface area contributed by atoms with Crippen LogP contribution < -0.4 is 10.6 Å². The Labute approximate surface area is 201 Å². The molecule has 3 N–H and O–H groups in total. The fraction of sp³-hybridized carbons (Fsp3) is 0.739. The van der Waals surface area contributed by atoms with Crippen LogP contribution in [0.1, 0.15) is 45.2 Å². The van der Waals surface area contributed by atoms with Crippen molar-refractivity contribution in [2.45, 2.75) is 58.0 Å². The third-order valence-corrected chi connectivity index (χ3v) is 6.68. The van der Waals surface area contributed by atoms with Crippen LogP contribution in [0.5, 0.6) is 0 Å². The van der Waals surface area contributed by atoms with Crippen LogP contribution >= 0.6 is 11.8 Å². The number of nitrogens with zero attached hydrogens (tertiary/aromatic N) is 2. The highest BCUT2D eigenvalue weighted by atomic mass is 32.2. The molecule has 0 radical (unpaired) electrons. The summed E-state index contributed by atoms with van der Waals surface area (Å²) in [4.78, 5) is 46.6. The molecule has 0 bridgehead atoms. The van der Waals surface area contributed by atoms with Crippen molar-refractivity contribution in [2.75, 3.05) is 38.8 Å². The smallest absolute Gasteiger partial charge is 0.328 e. The fourth-order valence-corrected chi connectivity index (χ4v) is 4.15. The maximum Gasteiger partial charge on any atom is 0.328 e. The molecular weight excluding hydrogens is 442 g/mol. The molecule has 10 heteroatoms. The van der Waals surface area contributed by atoms with Crippen molar-refractivity contribution in [2.24, 2.45) is 11.8 Å². The number of imidazole rings is 1. The molecule has 1 aromatic heterocycles. The van der Waals surface area contributed by atoms with Gasteiger partial charge >= 0.3 is 5.97 Å². The second-order valence-corrected chi connectivity index (χ2v) is 9.84. The van der Waals surface area contributed by atoms with Gasteiger partial charge in [-0.2, -0.15) is 11.8 Å². The summed E-state index contributed by atoms with van der Waals surface area (Å²) in [5.41, 5.74) is 0.698. The molecule has 1 saturated carbocycles. The van der Waals surface area contributed by atoms with E-state index >= 15 is 0 Å². The van der Waals surface area contributed by atoms with Crippen molar-refractivity contribution in [3.05, 3.63) is 18.2 Å². The highest BCUT2D eigenvalue weighted by Crippen LogP contribution is 2.30. The van der Waals surface area contributed by atoms with Gasteiger partial charge in [0, 0.05) is 25.3 Å². The topological polar surface area (TPSA) is 116 Å². The molecule has 0 spiro atoms. The monoisotopic (exact) mass is 481 g/mol. The number of aromatic amines is 1. The van der Waals surface area contributed by atoms with Crippen molar-refractivity contribution in [1.29, 1.82) is 0 Å². The molecule has 0 aromatic carbocycles. The number of thioether (sulfide) groups is 1. The summed E-state index contributed by atoms with van der Waals surface area (Å²) >= 11 is 1.62. The van der Waals surface area contributed by atoms with Crippen molar-refractivity contribution < 1.29 is 19.1 Å². The minimum Gasteiger partial charge on any atom is -0.467 e. The van der Waals surface area contributed by atoms with E-state index in [0.29, 0.717) is 24.6 Å². The largest absolute Gasteiger partial charge is 0.467 e. The van der Waals surface area contributed by atoms with Gasteiger partial charge in [0.25, 0.3) is 0 Å². The lowest BCUT2D eigenvalue weighted by Crippen LogP contribution is -2.51. The van der Waals surface area contributed by atoms with Crippen LogP contribution in [0.2, 0.25) is 0 Å². The maximum atomic E-state index is 12.8. The molecule has 1 heterocycles. The molecule has 1 aliphatic rings. The Kier molecular flexibility index (Phi) is 11.7. The normalized spacial score (nSPS) is 16.2. The van der Waals surface area contributed by atoms with Gasteiger partial charge < -0.3 is 20.4 Å². The van der Waals surface area contributed by atoms with Crippen LogP contribution in [0.25, 0.3) is 0 Å². The van der Waals surface area contributed by atoms with Crippen LogP contribution in [0.15, 0.2) is 12.5 Å². The summed E-state index contributed by atoms with van der Waals surface area (Å²) in [6.45, 7) is 5.79. The first-order chi connectivity index (χ1) is 15.9. The van der Waals surface area contributed by atoms with Crippen molar-refractivity contribution in [1.82, 2.24) is 25.5 Å². The fourth-order valence-electron chi connectivity index (χ4n) is 3.68. The second kappa shape index (κ2) is 14.2. The standard InChI is InChI=1S/C23H39N5O4S/c1-5-16(2)20(27-21(29)10-18-11-24-15-25-18)13-28(12-17-6-7-17)14-22(30)26-19(8-9-33-4)23(31)32-3/h11,15-17,19-20H,5-10,12-14H2,1-4H3,(H,24,25)(H,26,30)(H,27,29)/t16-,19-,20+/m0/s1. The Morgan fingerprint density at radius 1 is 1.30 bits per heavy atom. The van der Waals surface area contributed by atoms with Gasteiger partial charge in [-0.3, -0.25) is 14.5 Å². The van der Waals surface area contributed by atoms with Crippen LogP contribution in [-0.4, -0.2) is 83.5 Å². The van der Waals surface area contributed by atoms with E-state index in [4.69, 9.17) is 4.74 Å². The summed E-state index contributed by atoms with van der Waals surface area (Å²) in [5.74, 6) is 0.896. The van der Waals surface area contributed by atoms with Crippen LogP contribution in [0.3, 0.4) is 0 Å². The first kappa shape index (κ1) is 27.2. The number of methoxy groups -OCH3 is 1. The average molecular weight is 482 g/mol. The maximum absolute atomic E-state index is 12.8. The minimum atomic E-state index is -0.642. The summed E-state index contributed by atoms with van der Waals surface area (Å²) in [6, 6.07) is -0.725. The SMILES string of the molecule is CC[C@H](C)[C@@H](CN(CC(=O)N[C@@H](CCSC)C(=O)OC)CC1CC1)NC(=O)Cc1c[nH]cn1. The van der Waals surface area contributed by atoms with Crippen molar-refractivity contribution in [3.8, 4) is 0 Å². The van der Waals surface area contributed by atoms with Gasteiger partial charge in [0.2, 0.25) is 11.8 Å². The molecule has 1 aliphatic carbocycles. The quantitative estimate of drug-likeness (QED) is 0.307. The number of rotatable bonds is 16. The van der Waals surface area contributed by atoms with Gasteiger partial charge in [-0.05, 0) is 43.1 Å². The minimum absolute atomic E-state index is 0.0777. The molecule has 9 nitrogen and oxygen atoms in total. The molecule has 33 heavy (non-hydrogen) atoms. The first-order valence-corrected chi connectivity index (χ1v) is 13.1. The number of H-pyrrole nitrogens is 1. The molecular formula is C23H39N5O4S. The Bertz CT molecular complexity index is 741. The van der Waals surface area contributed by atoms with Gasteiger partial charge in [-0.25, -0.2) is 9.78 Å². The molecule has 0 aliphatic heterocycles. The lowest BCUT2D eigenvalue weighted by Gasteiger charge is -2.31. The van der Waals surface area contributed by atoms with E-state index < -0.39 is 12.0 Å². The van der Waals surface area contributed by atoms with Crippen LogP contribution in [0.4, 0.5) is 0 Å². The Morgan fingerprint density at radius 3 is 2.64 bits per heavy atom. The molecule has 186 valence electrons. The third kappa shape index (κ3) is 10.2. The molecule has 2 rings (SSSR count).